The van der Waals surface area contributed by atoms with Crippen LogP contribution in [0.5, 0.6) is 0 Å². The zero-order valence-corrected chi connectivity index (χ0v) is 37.6. The van der Waals surface area contributed by atoms with Gasteiger partial charge in [0.2, 0.25) is 5.12 Å². The van der Waals surface area contributed by atoms with Gasteiger partial charge in [-0.25, -0.2) is 9.78 Å². The summed E-state index contributed by atoms with van der Waals surface area (Å²) in [6.45, 7) is 0. The molecule has 0 saturated carbocycles. The van der Waals surface area contributed by atoms with Crippen LogP contribution in [0.3, 0.4) is 0 Å². The van der Waals surface area contributed by atoms with E-state index in [-0.39, 0.29) is 27.5 Å². The summed E-state index contributed by atoms with van der Waals surface area (Å²) in [5.74, 6) is -0.834. The van der Waals surface area contributed by atoms with Crippen LogP contribution in [-0.4, -0.2) is 73.8 Å². The van der Waals surface area contributed by atoms with Crippen LogP contribution < -0.4 is 10.6 Å². The number of amides is 2. The Kier molecular flexibility index (Phi) is 13.0. The third-order valence-corrected chi connectivity index (χ3v) is 15.8. The average Bonchev–Trinajstić information content (AvgIpc) is 3.99. The molecule has 2 saturated heterocycles. The number of nitrogens with one attached hydrogen (secondary N) is 2. The number of thiazole rings is 1. The molecule has 15 heteroatoms. The van der Waals surface area contributed by atoms with Gasteiger partial charge in [-0.05, 0) is 34.2 Å². The summed E-state index contributed by atoms with van der Waals surface area (Å²) >= 11 is 5.30. The number of thioether (sulfide) groups is 3. The van der Waals surface area contributed by atoms with Crippen molar-refractivity contribution in [1.82, 2.24) is 15.2 Å². The van der Waals surface area contributed by atoms with Gasteiger partial charge in [0.1, 0.15) is 35.5 Å². The third-order valence-electron chi connectivity index (χ3n) is 11.1. The van der Waals surface area contributed by atoms with Gasteiger partial charge in [0.25, 0.3) is 11.8 Å². The predicted octanol–water partition coefficient (Wildman–Crippen LogP) is 8.61. The first-order valence-electron chi connectivity index (χ1n) is 20.5. The molecule has 0 radical (unpaired) electrons. The number of hydrogen-bond acceptors (Lipinski definition) is 13. The Balaban J connectivity index is 0.983. The summed E-state index contributed by atoms with van der Waals surface area (Å²) in [6, 6.07) is 48.1. The van der Waals surface area contributed by atoms with Crippen LogP contribution in [0.1, 0.15) is 46.0 Å². The summed E-state index contributed by atoms with van der Waals surface area (Å²) in [7, 11) is 1.34. The van der Waals surface area contributed by atoms with E-state index < -0.39 is 40.8 Å². The maximum absolute atomic E-state index is 14.5. The molecule has 3 aliphatic rings. The zero-order valence-electron chi connectivity index (χ0n) is 34.4. The van der Waals surface area contributed by atoms with Crippen molar-refractivity contribution in [3.05, 3.63) is 201 Å². The van der Waals surface area contributed by atoms with Gasteiger partial charge in [-0.2, -0.15) is 0 Å². The van der Waals surface area contributed by atoms with E-state index in [1.807, 2.05) is 115 Å². The molecule has 322 valence electrons. The van der Waals surface area contributed by atoms with Crippen molar-refractivity contribution in [2.24, 2.45) is 5.16 Å². The molecular weight excluding hydrogens is 883 g/mol. The van der Waals surface area contributed by atoms with E-state index in [1.54, 1.807) is 5.38 Å². The lowest BCUT2D eigenvalue weighted by Crippen LogP contribution is -2.71. The van der Waals surface area contributed by atoms with Gasteiger partial charge in [-0.15, -0.1) is 34.9 Å². The number of ether oxygens (including phenoxy) is 1. The van der Waals surface area contributed by atoms with Gasteiger partial charge < -0.3 is 20.2 Å². The lowest BCUT2D eigenvalue weighted by Gasteiger charge is -2.49. The van der Waals surface area contributed by atoms with Crippen molar-refractivity contribution < 1.29 is 28.8 Å². The van der Waals surface area contributed by atoms with Crippen molar-refractivity contribution in [1.29, 1.82) is 0 Å². The fourth-order valence-electron chi connectivity index (χ4n) is 8.06. The van der Waals surface area contributed by atoms with E-state index in [0.717, 1.165) is 27.8 Å². The maximum Gasteiger partial charge on any atom is 0.356 e. The highest BCUT2D eigenvalue weighted by atomic mass is 32.2. The molecule has 3 atom stereocenters. The smallest absolute Gasteiger partial charge is 0.356 e. The highest BCUT2D eigenvalue weighted by Gasteiger charge is 2.55. The Bertz CT molecular complexity index is 2570. The summed E-state index contributed by atoms with van der Waals surface area (Å²) in [5.41, 5.74) is 3.80. The number of anilines is 1. The third kappa shape index (κ3) is 8.60. The number of rotatable bonds is 15. The second-order valence-electron chi connectivity index (χ2n) is 14.9. The number of benzene rings is 5. The molecule has 64 heavy (non-hydrogen) atoms. The molecule has 2 amide bonds. The predicted molar refractivity (Wildman–Crippen MR) is 255 cm³/mol. The van der Waals surface area contributed by atoms with Crippen LogP contribution >= 0.6 is 46.6 Å². The number of aromatic nitrogens is 1. The number of fused-ring (bicyclic) bond motifs is 1. The summed E-state index contributed by atoms with van der Waals surface area (Å²) in [6.07, 6.45) is -0.112. The van der Waals surface area contributed by atoms with Gasteiger partial charge >= 0.3 is 5.97 Å². The van der Waals surface area contributed by atoms with Gasteiger partial charge in [0, 0.05) is 21.8 Å². The van der Waals surface area contributed by atoms with Crippen LogP contribution in [0.4, 0.5) is 5.13 Å². The molecule has 5 aromatic carbocycles. The van der Waals surface area contributed by atoms with Gasteiger partial charge in [0.05, 0.1) is 5.25 Å². The zero-order chi connectivity index (χ0) is 44.0. The number of carbonyl (C=O) groups excluding carboxylic acids is 4. The monoisotopic (exact) mass is 923 g/mol. The van der Waals surface area contributed by atoms with Gasteiger partial charge in [-0.1, -0.05) is 169 Å². The molecule has 0 spiro atoms. The van der Waals surface area contributed by atoms with Crippen molar-refractivity contribution in [3.8, 4) is 0 Å². The molecule has 1 aromatic heterocycles. The Hall–Kier alpha value is -6.13. The maximum atomic E-state index is 14.5. The Morgan fingerprint density at radius 1 is 0.812 bits per heavy atom. The van der Waals surface area contributed by atoms with E-state index in [4.69, 9.17) is 14.6 Å². The fraction of sp³-hybridized carbons (Fsp3) is 0.184. The van der Waals surface area contributed by atoms with Crippen molar-refractivity contribution in [3.63, 3.8) is 0 Å². The fourth-order valence-corrected chi connectivity index (χ4v) is 12.8. The Morgan fingerprint density at radius 3 is 1.88 bits per heavy atom. The first kappa shape index (κ1) is 43.1. The highest BCUT2D eigenvalue weighted by molar-refractivity contribution is 8.17. The van der Waals surface area contributed by atoms with E-state index in [9.17, 15) is 19.2 Å². The molecule has 2 N–H and O–H groups in total. The molecule has 1 unspecified atom stereocenters. The molecule has 6 aromatic rings. The van der Waals surface area contributed by atoms with Crippen molar-refractivity contribution in [2.75, 3.05) is 23.9 Å². The van der Waals surface area contributed by atoms with E-state index in [0.29, 0.717) is 28.0 Å². The van der Waals surface area contributed by atoms with E-state index >= 15 is 0 Å². The van der Waals surface area contributed by atoms with Crippen molar-refractivity contribution in [2.45, 2.75) is 34.7 Å². The number of nitrogens with zero attached hydrogens (tertiary/aromatic N) is 3. The Morgan fingerprint density at radius 2 is 1.36 bits per heavy atom. The number of carbonyl (C=O) groups is 4. The SMILES string of the molecule is CO/N=C(\C(=O)N[C@@H]1C(=O)N2C(C(=O)OC(c3ccccc3)c3ccccc3)=C(SC3CCSC3=O)CS[C@H]12)c1csc(NC(c2ccccc2)(c2ccccc2)c2ccccc2)n1. The molecule has 11 nitrogen and oxygen atoms in total. The second kappa shape index (κ2) is 19.3. The minimum absolute atomic E-state index is 0.0418. The number of β-lactam (4-membered cyclic amide) rings is 1. The molecule has 0 bridgehead atoms. The topological polar surface area (TPSA) is 139 Å². The van der Waals surface area contributed by atoms with Crippen LogP contribution in [-0.2, 0) is 34.3 Å². The van der Waals surface area contributed by atoms with Crippen LogP contribution in [0, 0.1) is 0 Å². The summed E-state index contributed by atoms with van der Waals surface area (Å²) < 4.78 is 6.31. The minimum Gasteiger partial charge on any atom is -0.448 e. The van der Waals surface area contributed by atoms with Crippen LogP contribution in [0.2, 0.25) is 0 Å². The Labute approximate surface area is 387 Å². The lowest BCUT2D eigenvalue weighted by atomic mass is 9.77. The van der Waals surface area contributed by atoms with E-state index in [1.165, 1.54) is 58.6 Å². The molecule has 9 rings (SSSR count). The first-order chi connectivity index (χ1) is 31.4. The largest absolute Gasteiger partial charge is 0.448 e. The number of oxime groups is 1. The van der Waals surface area contributed by atoms with E-state index in [2.05, 4.69) is 52.2 Å². The minimum atomic E-state index is -1.00. The quantitative estimate of drug-likeness (QED) is 0.0337. The molecular formula is C49H41N5O6S4. The molecule has 2 fully saturated rings. The molecule has 0 aliphatic carbocycles. The second-order valence-corrected chi connectivity index (χ2v) is 19.3. The molecule has 3 aliphatic heterocycles. The summed E-state index contributed by atoms with van der Waals surface area (Å²) in [5, 5.41) is 12.0. The highest BCUT2D eigenvalue weighted by Crippen LogP contribution is 2.47. The standard InChI is InChI=1S/C49H41N5O6S4/c1-59-53-39(36-29-63-48(50-36)52-49(33-21-11-4-12-22-33,34-23-13-5-14-24-34)35-25-15-6-16-26-35)43(55)51-40-44(56)54-41(38(30-62-45(40)54)64-37-27-28-61-47(37)58)46(57)60-42(31-17-7-2-8-18-31)32-19-9-3-10-20-32/h2-26,29,37,40,42,45H,27-28,30H2,1H3,(H,50,52)(H,51,55)/b53-39-/t37?,40-,45-/m1/s1. The lowest BCUT2D eigenvalue weighted by molar-refractivity contribution is -0.154. The van der Waals surface area contributed by atoms with Crippen LogP contribution in [0.15, 0.2) is 173 Å². The average molecular weight is 924 g/mol. The number of hydrogen-bond donors (Lipinski definition) is 2. The van der Waals surface area contributed by atoms with Gasteiger partial charge in [-0.3, -0.25) is 19.3 Å². The van der Waals surface area contributed by atoms with Crippen LogP contribution in [0.25, 0.3) is 0 Å². The first-order valence-corrected chi connectivity index (χ1v) is 24.3. The normalized spacial score (nSPS) is 18.6. The number of esters is 1. The molecule has 4 heterocycles. The van der Waals surface area contributed by atoms with Crippen molar-refractivity contribution >= 4 is 80.4 Å². The van der Waals surface area contributed by atoms with Gasteiger partial charge in [0.15, 0.2) is 16.9 Å². The summed E-state index contributed by atoms with van der Waals surface area (Å²) in [4.78, 5) is 67.9.